The van der Waals surface area contributed by atoms with Gasteiger partial charge in [0.2, 0.25) is 0 Å². The van der Waals surface area contributed by atoms with Crippen LogP contribution in [0, 0.1) is 11.6 Å². The molecule has 0 aliphatic heterocycles. The summed E-state index contributed by atoms with van der Waals surface area (Å²) >= 11 is 1.83. The van der Waals surface area contributed by atoms with Gasteiger partial charge < -0.3 is 5.32 Å². The number of likely N-dealkylation sites (N-methyl/N-ethyl adjacent to an activating group) is 1. The first kappa shape index (κ1) is 15.4. The zero-order valence-electron chi connectivity index (χ0n) is 11.2. The zero-order valence-corrected chi connectivity index (χ0v) is 12.0. The maximum absolute atomic E-state index is 13.6. The first-order valence-electron chi connectivity index (χ1n) is 6.32. The number of rotatable bonds is 7. The molecule has 1 N–H and O–H groups in total. The van der Waals surface area contributed by atoms with Gasteiger partial charge in [-0.05, 0) is 29.8 Å². The maximum Gasteiger partial charge on any atom is 0.162 e. The average molecular weight is 273 g/mol. The lowest BCUT2D eigenvalue weighted by Crippen LogP contribution is -2.34. The molecule has 4 heteroatoms. The van der Waals surface area contributed by atoms with Gasteiger partial charge >= 0.3 is 0 Å². The Morgan fingerprint density at radius 3 is 2.61 bits per heavy atom. The van der Waals surface area contributed by atoms with E-state index in [9.17, 15) is 8.78 Å². The van der Waals surface area contributed by atoms with Crippen LogP contribution in [0.15, 0.2) is 18.2 Å². The minimum absolute atomic E-state index is 0.179. The monoisotopic (exact) mass is 273 g/mol. The van der Waals surface area contributed by atoms with Crippen LogP contribution in [0.4, 0.5) is 8.78 Å². The van der Waals surface area contributed by atoms with Crippen LogP contribution in [-0.4, -0.2) is 23.6 Å². The Kier molecular flexibility index (Phi) is 6.65. The van der Waals surface area contributed by atoms with E-state index in [0.717, 1.165) is 18.4 Å². The Hall–Kier alpha value is -0.610. The highest BCUT2D eigenvalue weighted by atomic mass is 32.2. The summed E-state index contributed by atoms with van der Waals surface area (Å²) in [6.45, 7) is 7.13. The van der Waals surface area contributed by atoms with Crippen molar-refractivity contribution in [2.24, 2.45) is 0 Å². The second-order valence-corrected chi connectivity index (χ2v) is 6.16. The highest BCUT2D eigenvalue weighted by Gasteiger charge is 2.14. The molecule has 0 saturated carbocycles. The third-order valence-electron chi connectivity index (χ3n) is 2.62. The fraction of sp³-hybridized carbons (Fsp3) is 0.571. The van der Waals surface area contributed by atoms with Crippen LogP contribution in [0.25, 0.3) is 0 Å². The molecule has 1 nitrogen and oxygen atoms in total. The van der Waals surface area contributed by atoms with Crippen LogP contribution < -0.4 is 5.32 Å². The van der Waals surface area contributed by atoms with E-state index in [4.69, 9.17) is 0 Å². The van der Waals surface area contributed by atoms with Crippen molar-refractivity contribution in [3.8, 4) is 0 Å². The lowest BCUT2D eigenvalue weighted by atomic mass is 10.1. The van der Waals surface area contributed by atoms with Gasteiger partial charge in [0, 0.05) is 11.8 Å². The molecule has 0 aliphatic carbocycles. The molecule has 0 aliphatic rings. The second kappa shape index (κ2) is 7.74. The minimum atomic E-state index is -0.765. The standard InChI is InChI=1S/C14H21F2NS/c1-4-17-12(9-18-10(2)3)8-11-6-5-7-13(15)14(11)16/h5-7,10,12,17H,4,8-9H2,1-3H3. The molecule has 0 bridgehead atoms. The van der Waals surface area contributed by atoms with E-state index in [2.05, 4.69) is 19.2 Å². The normalized spacial score (nSPS) is 13.0. The molecule has 102 valence electrons. The summed E-state index contributed by atoms with van der Waals surface area (Å²) in [6, 6.07) is 4.55. The van der Waals surface area contributed by atoms with Gasteiger partial charge in [0.15, 0.2) is 11.6 Å². The first-order chi connectivity index (χ1) is 8.54. The first-order valence-corrected chi connectivity index (χ1v) is 7.37. The van der Waals surface area contributed by atoms with Gasteiger partial charge in [-0.1, -0.05) is 32.9 Å². The molecular formula is C14H21F2NS. The van der Waals surface area contributed by atoms with Crippen molar-refractivity contribution >= 4 is 11.8 Å². The minimum Gasteiger partial charge on any atom is -0.313 e. The van der Waals surface area contributed by atoms with Crippen LogP contribution in [-0.2, 0) is 6.42 Å². The van der Waals surface area contributed by atoms with Crippen molar-refractivity contribution in [3.05, 3.63) is 35.4 Å². The Bertz CT molecular complexity index is 369. The average Bonchev–Trinajstić information content (AvgIpc) is 2.32. The van der Waals surface area contributed by atoms with Crippen molar-refractivity contribution < 1.29 is 8.78 Å². The fourth-order valence-corrected chi connectivity index (χ4v) is 2.61. The van der Waals surface area contributed by atoms with E-state index >= 15 is 0 Å². The van der Waals surface area contributed by atoms with Gasteiger partial charge in [-0.25, -0.2) is 8.78 Å². The molecule has 1 unspecified atom stereocenters. The van der Waals surface area contributed by atoms with Crippen LogP contribution in [0.5, 0.6) is 0 Å². The molecule has 1 aromatic rings. The van der Waals surface area contributed by atoms with Crippen LogP contribution >= 0.6 is 11.8 Å². The number of halogens is 2. The van der Waals surface area contributed by atoms with Gasteiger partial charge in [0.1, 0.15) is 0 Å². The van der Waals surface area contributed by atoms with Gasteiger partial charge in [-0.2, -0.15) is 11.8 Å². The summed E-state index contributed by atoms with van der Waals surface area (Å²) < 4.78 is 26.7. The Labute approximate surface area is 112 Å². The SMILES string of the molecule is CCNC(CSC(C)C)Cc1cccc(F)c1F. The third kappa shape index (κ3) is 4.94. The zero-order chi connectivity index (χ0) is 13.5. The van der Waals surface area contributed by atoms with Gasteiger partial charge in [0.25, 0.3) is 0 Å². The highest BCUT2D eigenvalue weighted by Crippen LogP contribution is 2.17. The molecular weight excluding hydrogens is 252 g/mol. The molecule has 0 spiro atoms. The third-order valence-corrected chi connectivity index (χ3v) is 3.88. The number of nitrogens with one attached hydrogen (secondary N) is 1. The second-order valence-electron chi connectivity index (χ2n) is 4.55. The van der Waals surface area contributed by atoms with Crippen molar-refractivity contribution in [1.82, 2.24) is 5.32 Å². The van der Waals surface area contributed by atoms with Crippen molar-refractivity contribution in [2.75, 3.05) is 12.3 Å². The number of hydrogen-bond acceptors (Lipinski definition) is 2. The molecule has 1 aromatic carbocycles. The molecule has 18 heavy (non-hydrogen) atoms. The van der Waals surface area contributed by atoms with Crippen LogP contribution in [0.2, 0.25) is 0 Å². The quantitative estimate of drug-likeness (QED) is 0.814. The smallest absolute Gasteiger partial charge is 0.162 e. The summed E-state index contributed by atoms with van der Waals surface area (Å²) in [5, 5.41) is 3.87. The summed E-state index contributed by atoms with van der Waals surface area (Å²) in [6.07, 6.45) is 0.525. The van der Waals surface area contributed by atoms with Gasteiger partial charge in [-0.3, -0.25) is 0 Å². The maximum atomic E-state index is 13.6. The van der Waals surface area contributed by atoms with Crippen molar-refractivity contribution in [3.63, 3.8) is 0 Å². The molecule has 0 saturated heterocycles. The Morgan fingerprint density at radius 1 is 1.28 bits per heavy atom. The predicted octanol–water partition coefficient (Wildman–Crippen LogP) is 3.63. The summed E-state index contributed by atoms with van der Waals surface area (Å²) in [7, 11) is 0. The lowest BCUT2D eigenvalue weighted by Gasteiger charge is -2.19. The topological polar surface area (TPSA) is 12.0 Å². The van der Waals surface area contributed by atoms with E-state index in [-0.39, 0.29) is 6.04 Å². The van der Waals surface area contributed by atoms with E-state index < -0.39 is 11.6 Å². The van der Waals surface area contributed by atoms with E-state index in [0.29, 0.717) is 17.2 Å². The molecule has 1 rings (SSSR count). The molecule has 0 amide bonds. The number of hydrogen-bond donors (Lipinski definition) is 1. The van der Waals surface area contributed by atoms with Gasteiger partial charge in [0.05, 0.1) is 0 Å². The van der Waals surface area contributed by atoms with Crippen LogP contribution in [0.3, 0.4) is 0 Å². The molecule has 0 fully saturated rings. The van der Waals surface area contributed by atoms with Crippen molar-refractivity contribution in [2.45, 2.75) is 38.5 Å². The van der Waals surface area contributed by atoms with Crippen molar-refractivity contribution in [1.29, 1.82) is 0 Å². The summed E-state index contributed by atoms with van der Waals surface area (Å²) in [5.41, 5.74) is 0.449. The molecule has 0 aromatic heterocycles. The number of benzene rings is 1. The Balaban J connectivity index is 2.67. The molecule has 1 atom stereocenters. The summed E-state index contributed by atoms with van der Waals surface area (Å²) in [4.78, 5) is 0. The highest BCUT2D eigenvalue weighted by molar-refractivity contribution is 7.99. The van der Waals surface area contributed by atoms with E-state index in [1.165, 1.54) is 0 Å². The number of thioether (sulfide) groups is 1. The summed E-state index contributed by atoms with van der Waals surface area (Å²) in [5.74, 6) is -0.573. The molecule has 0 heterocycles. The van der Waals surface area contributed by atoms with Crippen LogP contribution in [0.1, 0.15) is 26.3 Å². The largest absolute Gasteiger partial charge is 0.313 e. The fourth-order valence-electron chi connectivity index (χ4n) is 1.76. The Morgan fingerprint density at radius 2 is 2.00 bits per heavy atom. The molecule has 0 radical (unpaired) electrons. The van der Waals surface area contributed by atoms with Gasteiger partial charge in [-0.15, -0.1) is 0 Å². The van der Waals surface area contributed by atoms with E-state index in [1.54, 1.807) is 12.1 Å². The lowest BCUT2D eigenvalue weighted by molar-refractivity contribution is 0.486. The van der Waals surface area contributed by atoms with E-state index in [1.807, 2.05) is 18.7 Å². The predicted molar refractivity (Wildman–Crippen MR) is 75.1 cm³/mol.